The van der Waals surface area contributed by atoms with Crippen LogP contribution in [0.1, 0.15) is 61.4 Å². The molecule has 0 spiro atoms. The first-order chi connectivity index (χ1) is 13.5. The van der Waals surface area contributed by atoms with Gasteiger partial charge in [-0.15, -0.1) is 11.8 Å². The van der Waals surface area contributed by atoms with Gasteiger partial charge in [0.15, 0.2) is 5.78 Å². The number of halogens is 3. The van der Waals surface area contributed by atoms with Crippen LogP contribution in [-0.4, -0.2) is 11.5 Å². The molecule has 1 nitrogen and oxygen atoms in total. The molecule has 0 aliphatic carbocycles. The second kappa shape index (κ2) is 13.6. The van der Waals surface area contributed by atoms with Gasteiger partial charge in [0.1, 0.15) is 0 Å². The van der Waals surface area contributed by atoms with E-state index in [1.165, 1.54) is 52.7 Å². The highest BCUT2D eigenvalue weighted by Gasteiger charge is 2.11. The highest BCUT2D eigenvalue weighted by Crippen LogP contribution is 2.25. The lowest BCUT2D eigenvalue weighted by atomic mass is 10.1. The lowest BCUT2D eigenvalue weighted by molar-refractivity contribution is 0.104. The minimum absolute atomic E-state index is 0.0558. The van der Waals surface area contributed by atoms with Crippen LogP contribution in [0.15, 0.2) is 47.4 Å². The van der Waals surface area contributed by atoms with Crippen molar-refractivity contribution in [1.29, 1.82) is 0 Å². The number of thioether (sulfide) groups is 1. The third-order valence-corrected chi connectivity index (χ3v) is 10.7. The van der Waals surface area contributed by atoms with Gasteiger partial charge in [0.25, 0.3) is 0 Å². The summed E-state index contributed by atoms with van der Waals surface area (Å²) in [6.07, 6.45) is 11.6. The number of rotatable bonds is 11. The van der Waals surface area contributed by atoms with Crippen LogP contribution in [0, 0.1) is 10.7 Å². The zero-order valence-corrected chi connectivity index (χ0v) is 23.3. The van der Waals surface area contributed by atoms with E-state index in [0.717, 1.165) is 18.3 Å². The Kier molecular flexibility index (Phi) is 12.0. The summed E-state index contributed by atoms with van der Waals surface area (Å²) in [6, 6.07) is 12.4. The maximum absolute atomic E-state index is 12.5. The number of carbonyl (C=O) groups is 1. The fraction of sp³-hybridized carbons (Fsp3) is 0.348. The van der Waals surface area contributed by atoms with Crippen LogP contribution < -0.4 is 0 Å². The van der Waals surface area contributed by atoms with Gasteiger partial charge in [0, 0.05) is 21.2 Å². The number of ketones is 1. The molecule has 0 amide bonds. The third kappa shape index (κ3) is 8.26. The molecule has 2 aromatic carbocycles. The minimum atomic E-state index is 0.0558. The molecule has 0 N–H and O–H groups in total. The Hall–Kier alpha value is 0.390. The molecule has 0 radical (unpaired) electrons. The van der Waals surface area contributed by atoms with Gasteiger partial charge in [0.2, 0.25) is 0 Å². The number of hydrogen-bond acceptors (Lipinski definition) is 2. The molecule has 0 aromatic heterocycles. The molecule has 28 heavy (non-hydrogen) atoms. The van der Waals surface area contributed by atoms with Crippen LogP contribution in [-0.2, 0) is 0 Å². The van der Waals surface area contributed by atoms with Gasteiger partial charge in [-0.25, -0.2) is 0 Å². The molecule has 0 atom stereocenters. The molecular weight excluding hydrogens is 705 g/mol. The Morgan fingerprint density at radius 1 is 0.893 bits per heavy atom. The number of benzene rings is 2. The Balaban J connectivity index is 1.83. The molecule has 0 aliphatic heterocycles. The Labute approximate surface area is 214 Å². The van der Waals surface area contributed by atoms with Crippen LogP contribution in [0.3, 0.4) is 0 Å². The van der Waals surface area contributed by atoms with E-state index in [-0.39, 0.29) is 5.78 Å². The van der Waals surface area contributed by atoms with E-state index in [0.29, 0.717) is 0 Å². The average Bonchev–Trinajstić information content (AvgIpc) is 2.70. The normalized spacial score (nSPS) is 11.3. The summed E-state index contributed by atoms with van der Waals surface area (Å²) in [5.41, 5.74) is 1.83. The van der Waals surface area contributed by atoms with Gasteiger partial charge in [-0.2, -0.15) is 0 Å². The van der Waals surface area contributed by atoms with Crippen LogP contribution in [0.2, 0.25) is 0 Å². The third-order valence-electron chi connectivity index (χ3n) is 4.37. The number of allylic oxidation sites excluding steroid dienone is 1. The van der Waals surface area contributed by atoms with Crippen LogP contribution in [0.4, 0.5) is 0 Å². The average molecular weight is 730 g/mol. The summed E-state index contributed by atoms with van der Waals surface area (Å²) >= 11 is 8.78. The van der Waals surface area contributed by atoms with E-state index in [1.54, 1.807) is 6.08 Å². The number of carbonyl (C=O) groups excluding carboxylic acids is 1. The van der Waals surface area contributed by atoms with Gasteiger partial charge >= 0.3 is 0 Å². The SMILES string of the molecule is CCCCCCCCSc1ccc(C=CC(=O)c2ccc(I)c(I)c2I)cc1. The summed E-state index contributed by atoms with van der Waals surface area (Å²) in [5.74, 6) is 1.24. The lowest BCUT2D eigenvalue weighted by Gasteiger charge is -2.05. The van der Waals surface area contributed by atoms with Crippen molar-refractivity contribution in [2.24, 2.45) is 0 Å². The van der Waals surface area contributed by atoms with Crippen molar-refractivity contribution in [3.63, 3.8) is 0 Å². The van der Waals surface area contributed by atoms with Crippen molar-refractivity contribution in [2.45, 2.75) is 50.3 Å². The summed E-state index contributed by atoms with van der Waals surface area (Å²) in [7, 11) is 0. The molecule has 0 saturated carbocycles. The smallest absolute Gasteiger partial charge is 0.186 e. The Morgan fingerprint density at radius 3 is 2.29 bits per heavy atom. The predicted octanol–water partition coefficient (Wildman–Crippen LogP) is 8.85. The maximum atomic E-state index is 12.5. The number of unbranched alkanes of at least 4 members (excludes halogenated alkanes) is 5. The van der Waals surface area contributed by atoms with Crippen LogP contribution >= 0.6 is 79.5 Å². The molecule has 0 bridgehead atoms. The van der Waals surface area contributed by atoms with Crippen molar-refractivity contribution in [1.82, 2.24) is 0 Å². The van der Waals surface area contributed by atoms with Gasteiger partial charge < -0.3 is 0 Å². The van der Waals surface area contributed by atoms with E-state index in [1.807, 2.05) is 30.0 Å². The topological polar surface area (TPSA) is 17.1 Å². The van der Waals surface area contributed by atoms with E-state index in [9.17, 15) is 4.79 Å². The molecule has 2 aromatic rings. The molecule has 0 saturated heterocycles. The van der Waals surface area contributed by atoms with Gasteiger partial charge in [-0.05, 0) is 116 Å². The highest BCUT2D eigenvalue weighted by molar-refractivity contribution is 14.1. The Bertz CT molecular complexity index is 800. The second-order valence-corrected chi connectivity index (χ2v) is 11.1. The predicted molar refractivity (Wildman–Crippen MR) is 148 cm³/mol. The number of hydrogen-bond donors (Lipinski definition) is 0. The fourth-order valence-electron chi connectivity index (χ4n) is 2.73. The van der Waals surface area contributed by atoms with E-state index < -0.39 is 0 Å². The minimum Gasteiger partial charge on any atom is -0.289 e. The van der Waals surface area contributed by atoms with Crippen LogP contribution in [0.25, 0.3) is 6.08 Å². The second-order valence-electron chi connectivity index (χ2n) is 6.61. The summed E-state index contributed by atoms with van der Waals surface area (Å²) < 4.78 is 3.35. The summed E-state index contributed by atoms with van der Waals surface area (Å²) in [6.45, 7) is 2.26. The molecule has 150 valence electrons. The quantitative estimate of drug-likeness (QED) is 0.0575. The first kappa shape index (κ1) is 24.7. The van der Waals surface area contributed by atoms with Crippen molar-refractivity contribution in [3.8, 4) is 0 Å². The molecule has 0 fully saturated rings. The largest absolute Gasteiger partial charge is 0.289 e. The van der Waals surface area contributed by atoms with Crippen molar-refractivity contribution >= 4 is 91.4 Å². The first-order valence-electron chi connectivity index (χ1n) is 9.61. The molecule has 5 heteroatoms. The zero-order chi connectivity index (χ0) is 20.4. The van der Waals surface area contributed by atoms with E-state index >= 15 is 0 Å². The molecule has 0 aliphatic rings. The van der Waals surface area contributed by atoms with Crippen molar-refractivity contribution in [3.05, 3.63) is 64.3 Å². The van der Waals surface area contributed by atoms with Gasteiger partial charge in [-0.1, -0.05) is 57.2 Å². The molecule has 2 rings (SSSR count). The van der Waals surface area contributed by atoms with Gasteiger partial charge in [0.05, 0.1) is 0 Å². The van der Waals surface area contributed by atoms with Gasteiger partial charge in [-0.3, -0.25) is 4.79 Å². The van der Waals surface area contributed by atoms with E-state index in [4.69, 9.17) is 0 Å². The first-order valence-corrected chi connectivity index (χ1v) is 13.8. The summed E-state index contributed by atoms with van der Waals surface area (Å²) in [4.78, 5) is 13.8. The molecular formula is C23H25I3OS. The Morgan fingerprint density at radius 2 is 1.57 bits per heavy atom. The van der Waals surface area contributed by atoms with Crippen LogP contribution in [0.5, 0.6) is 0 Å². The highest BCUT2D eigenvalue weighted by atomic mass is 127. The molecule has 0 unspecified atom stereocenters. The van der Waals surface area contributed by atoms with E-state index in [2.05, 4.69) is 99.0 Å². The molecule has 0 heterocycles. The maximum Gasteiger partial charge on any atom is 0.186 e. The van der Waals surface area contributed by atoms with Crippen molar-refractivity contribution in [2.75, 3.05) is 5.75 Å². The standard InChI is InChI=1S/C23H25I3OS/c1-2-3-4-5-6-7-16-28-18-11-8-17(9-12-18)10-15-21(27)19-13-14-20(24)23(26)22(19)25/h8-15H,2-7,16H2,1H3. The lowest BCUT2D eigenvalue weighted by Crippen LogP contribution is -2.01. The summed E-state index contributed by atoms with van der Waals surface area (Å²) in [5, 5.41) is 0. The fourth-order valence-corrected chi connectivity index (χ4v) is 5.81. The van der Waals surface area contributed by atoms with Crippen molar-refractivity contribution < 1.29 is 4.79 Å². The zero-order valence-electron chi connectivity index (χ0n) is 16.0. The monoisotopic (exact) mass is 730 g/mol.